The summed E-state index contributed by atoms with van der Waals surface area (Å²) in [6, 6.07) is 11.2. The second kappa shape index (κ2) is 7.79. The number of anilines is 2. The van der Waals surface area contributed by atoms with Crippen LogP contribution in [0.3, 0.4) is 0 Å². The molecule has 2 heterocycles. The van der Waals surface area contributed by atoms with Gasteiger partial charge in [0.05, 0.1) is 16.9 Å². The van der Waals surface area contributed by atoms with Gasteiger partial charge in [0.15, 0.2) is 0 Å². The van der Waals surface area contributed by atoms with Crippen molar-refractivity contribution >= 4 is 23.2 Å². The van der Waals surface area contributed by atoms with E-state index in [9.17, 15) is 9.59 Å². The second-order valence-electron chi connectivity index (χ2n) is 5.93. The fourth-order valence-corrected chi connectivity index (χ4v) is 2.97. The van der Waals surface area contributed by atoms with E-state index in [-0.39, 0.29) is 11.8 Å². The molecular weight excluding hydrogens is 316 g/mol. The van der Waals surface area contributed by atoms with Crippen molar-refractivity contribution in [3.63, 3.8) is 0 Å². The molecule has 1 aromatic heterocycles. The molecule has 130 valence electrons. The molecule has 0 atom stereocenters. The van der Waals surface area contributed by atoms with Crippen LogP contribution in [-0.4, -0.2) is 47.9 Å². The third-order valence-electron chi connectivity index (χ3n) is 4.35. The van der Waals surface area contributed by atoms with Crippen LogP contribution >= 0.6 is 0 Å². The SMILES string of the molecule is CCC(=O)N1CCN(c2ccccc2NC(=O)c2cccnc2)CC1. The number of carbonyl (C=O) groups is 2. The number of benzene rings is 1. The number of rotatable bonds is 4. The highest BCUT2D eigenvalue weighted by atomic mass is 16.2. The molecule has 6 heteroatoms. The van der Waals surface area contributed by atoms with Crippen molar-refractivity contribution in [1.82, 2.24) is 9.88 Å². The summed E-state index contributed by atoms with van der Waals surface area (Å²) in [5.74, 6) is 0.0122. The molecule has 25 heavy (non-hydrogen) atoms. The summed E-state index contributed by atoms with van der Waals surface area (Å²) < 4.78 is 0. The van der Waals surface area contributed by atoms with Crippen molar-refractivity contribution in [3.8, 4) is 0 Å². The Balaban J connectivity index is 1.72. The molecule has 1 N–H and O–H groups in total. The number of nitrogens with one attached hydrogen (secondary N) is 1. The highest BCUT2D eigenvalue weighted by Crippen LogP contribution is 2.27. The predicted molar refractivity (Wildman–Crippen MR) is 97.7 cm³/mol. The van der Waals surface area contributed by atoms with Crippen LogP contribution in [0.25, 0.3) is 0 Å². The molecule has 0 spiro atoms. The average molecular weight is 338 g/mol. The number of piperazine rings is 1. The van der Waals surface area contributed by atoms with E-state index in [0.29, 0.717) is 25.1 Å². The molecule has 1 aromatic carbocycles. The molecule has 0 bridgehead atoms. The quantitative estimate of drug-likeness (QED) is 0.930. The molecule has 0 aliphatic carbocycles. The standard InChI is InChI=1S/C19H22N4O2/c1-2-18(24)23-12-10-22(11-13-23)17-8-4-3-7-16(17)21-19(25)15-6-5-9-20-14-15/h3-9,14H,2,10-13H2,1H3,(H,21,25). The van der Waals surface area contributed by atoms with Crippen molar-refractivity contribution in [3.05, 3.63) is 54.4 Å². The van der Waals surface area contributed by atoms with Crippen LogP contribution in [-0.2, 0) is 4.79 Å². The van der Waals surface area contributed by atoms with E-state index in [0.717, 1.165) is 24.5 Å². The molecule has 1 fully saturated rings. The van der Waals surface area contributed by atoms with Gasteiger partial charge in [-0.15, -0.1) is 0 Å². The highest BCUT2D eigenvalue weighted by molar-refractivity contribution is 6.05. The summed E-state index contributed by atoms with van der Waals surface area (Å²) in [7, 11) is 0. The molecule has 2 aromatic rings. The van der Waals surface area contributed by atoms with E-state index in [1.807, 2.05) is 36.1 Å². The Kier molecular flexibility index (Phi) is 5.28. The first-order valence-electron chi connectivity index (χ1n) is 8.52. The number of para-hydroxylation sites is 2. The van der Waals surface area contributed by atoms with Crippen LogP contribution in [0.2, 0.25) is 0 Å². The van der Waals surface area contributed by atoms with Crippen molar-refractivity contribution in [2.75, 3.05) is 36.4 Å². The molecule has 1 aliphatic rings. The number of nitrogens with zero attached hydrogens (tertiary/aromatic N) is 3. The van der Waals surface area contributed by atoms with Gasteiger partial charge in [0.1, 0.15) is 0 Å². The van der Waals surface area contributed by atoms with Crippen LogP contribution in [0.15, 0.2) is 48.8 Å². The highest BCUT2D eigenvalue weighted by Gasteiger charge is 2.22. The van der Waals surface area contributed by atoms with Gasteiger partial charge in [0, 0.05) is 45.0 Å². The lowest BCUT2D eigenvalue weighted by atomic mass is 10.2. The van der Waals surface area contributed by atoms with Gasteiger partial charge in [-0.1, -0.05) is 19.1 Å². The first kappa shape index (κ1) is 17.0. The first-order chi connectivity index (χ1) is 12.2. The van der Waals surface area contributed by atoms with Crippen molar-refractivity contribution in [1.29, 1.82) is 0 Å². The maximum Gasteiger partial charge on any atom is 0.257 e. The van der Waals surface area contributed by atoms with Gasteiger partial charge < -0.3 is 15.1 Å². The first-order valence-corrected chi connectivity index (χ1v) is 8.52. The second-order valence-corrected chi connectivity index (χ2v) is 5.93. The Labute approximate surface area is 147 Å². The predicted octanol–water partition coefficient (Wildman–Crippen LogP) is 2.39. The molecule has 3 rings (SSSR count). The summed E-state index contributed by atoms with van der Waals surface area (Å²) >= 11 is 0. The average Bonchev–Trinajstić information content (AvgIpc) is 2.68. The lowest BCUT2D eigenvalue weighted by molar-refractivity contribution is -0.131. The van der Waals surface area contributed by atoms with Gasteiger partial charge in [-0.25, -0.2) is 0 Å². The topological polar surface area (TPSA) is 65.5 Å². The zero-order valence-corrected chi connectivity index (χ0v) is 14.3. The number of hydrogen-bond acceptors (Lipinski definition) is 4. The Morgan fingerprint density at radius 3 is 2.52 bits per heavy atom. The van der Waals surface area contributed by atoms with E-state index >= 15 is 0 Å². The number of hydrogen-bond donors (Lipinski definition) is 1. The number of amides is 2. The fraction of sp³-hybridized carbons (Fsp3) is 0.316. The number of pyridine rings is 1. The van der Waals surface area contributed by atoms with E-state index in [2.05, 4.69) is 15.2 Å². The Bertz CT molecular complexity index is 740. The van der Waals surface area contributed by atoms with Crippen molar-refractivity contribution in [2.45, 2.75) is 13.3 Å². The fourth-order valence-electron chi connectivity index (χ4n) is 2.97. The largest absolute Gasteiger partial charge is 0.366 e. The zero-order valence-electron chi connectivity index (χ0n) is 14.3. The van der Waals surface area contributed by atoms with Crippen molar-refractivity contribution in [2.24, 2.45) is 0 Å². The van der Waals surface area contributed by atoms with E-state index in [1.54, 1.807) is 24.5 Å². The van der Waals surface area contributed by atoms with Crippen molar-refractivity contribution < 1.29 is 9.59 Å². The minimum Gasteiger partial charge on any atom is -0.366 e. The molecule has 1 saturated heterocycles. The summed E-state index contributed by atoms with van der Waals surface area (Å²) in [4.78, 5) is 32.3. The van der Waals surface area contributed by atoms with E-state index in [4.69, 9.17) is 0 Å². The third kappa shape index (κ3) is 3.96. The molecule has 0 unspecified atom stereocenters. The molecular formula is C19H22N4O2. The van der Waals surface area contributed by atoms with Crippen LogP contribution in [0, 0.1) is 0 Å². The monoisotopic (exact) mass is 338 g/mol. The smallest absolute Gasteiger partial charge is 0.257 e. The lowest BCUT2D eigenvalue weighted by Crippen LogP contribution is -2.48. The van der Waals surface area contributed by atoms with E-state index < -0.39 is 0 Å². The minimum atomic E-state index is -0.180. The molecule has 1 aliphatic heterocycles. The maximum atomic E-state index is 12.4. The zero-order chi connectivity index (χ0) is 17.6. The maximum absolute atomic E-state index is 12.4. The normalized spacial score (nSPS) is 14.3. The number of aromatic nitrogens is 1. The summed E-state index contributed by atoms with van der Waals surface area (Å²) in [5, 5.41) is 2.97. The van der Waals surface area contributed by atoms with Gasteiger partial charge in [0.2, 0.25) is 5.91 Å². The summed E-state index contributed by atoms with van der Waals surface area (Å²) in [6.45, 7) is 4.81. The lowest BCUT2D eigenvalue weighted by Gasteiger charge is -2.36. The Hall–Kier alpha value is -2.89. The molecule has 0 radical (unpaired) electrons. The molecule has 0 saturated carbocycles. The van der Waals surface area contributed by atoms with E-state index in [1.165, 1.54) is 0 Å². The third-order valence-corrected chi connectivity index (χ3v) is 4.35. The van der Waals surface area contributed by atoms with Crippen LogP contribution in [0.4, 0.5) is 11.4 Å². The van der Waals surface area contributed by atoms with Gasteiger partial charge >= 0.3 is 0 Å². The van der Waals surface area contributed by atoms with Gasteiger partial charge in [-0.2, -0.15) is 0 Å². The molecule has 2 amide bonds. The Morgan fingerprint density at radius 1 is 1.08 bits per heavy atom. The summed E-state index contributed by atoms with van der Waals surface area (Å²) in [5.41, 5.74) is 2.27. The van der Waals surface area contributed by atoms with Crippen LogP contribution in [0.5, 0.6) is 0 Å². The van der Waals surface area contributed by atoms with Gasteiger partial charge in [-0.05, 0) is 24.3 Å². The number of carbonyl (C=O) groups excluding carboxylic acids is 2. The van der Waals surface area contributed by atoms with Crippen LogP contribution < -0.4 is 10.2 Å². The van der Waals surface area contributed by atoms with Gasteiger partial charge in [0.25, 0.3) is 5.91 Å². The minimum absolute atomic E-state index is 0.180. The van der Waals surface area contributed by atoms with Gasteiger partial charge in [-0.3, -0.25) is 14.6 Å². The molecule has 6 nitrogen and oxygen atoms in total. The Morgan fingerprint density at radius 2 is 1.84 bits per heavy atom. The summed E-state index contributed by atoms with van der Waals surface area (Å²) in [6.07, 6.45) is 3.73. The van der Waals surface area contributed by atoms with Crippen LogP contribution in [0.1, 0.15) is 23.7 Å².